The first-order chi connectivity index (χ1) is 9.52. The Hall–Kier alpha value is -1.93. The average Bonchev–Trinajstić information content (AvgIpc) is 2.38. The van der Waals surface area contributed by atoms with Crippen LogP contribution in [0.3, 0.4) is 0 Å². The summed E-state index contributed by atoms with van der Waals surface area (Å²) in [7, 11) is 0. The van der Waals surface area contributed by atoms with Gasteiger partial charge in [-0.15, -0.1) is 0 Å². The summed E-state index contributed by atoms with van der Waals surface area (Å²) < 4.78 is 28.0. The molecule has 0 radical (unpaired) electrons. The molecule has 20 heavy (non-hydrogen) atoms. The van der Waals surface area contributed by atoms with E-state index in [4.69, 9.17) is 5.26 Å². The number of nitrogens with zero attached hydrogens (tertiary/aromatic N) is 1. The van der Waals surface area contributed by atoms with Gasteiger partial charge in [-0.25, -0.2) is 8.78 Å². The molecule has 2 aromatic carbocycles. The summed E-state index contributed by atoms with van der Waals surface area (Å²) in [5, 5.41) is 11.9. The fourth-order valence-electron chi connectivity index (χ4n) is 1.92. The van der Waals surface area contributed by atoms with Crippen LogP contribution in [0.2, 0.25) is 0 Å². The first-order valence-electron chi connectivity index (χ1n) is 5.93. The Labute approximate surface area is 124 Å². The van der Waals surface area contributed by atoms with Gasteiger partial charge in [0.2, 0.25) is 0 Å². The first-order valence-corrected chi connectivity index (χ1v) is 6.72. The van der Waals surface area contributed by atoms with E-state index in [1.165, 1.54) is 18.2 Å². The van der Waals surface area contributed by atoms with Crippen LogP contribution in [0.5, 0.6) is 0 Å². The zero-order valence-electron chi connectivity index (χ0n) is 10.6. The average molecular weight is 337 g/mol. The molecule has 5 heteroatoms. The highest BCUT2D eigenvalue weighted by Gasteiger charge is 2.14. The van der Waals surface area contributed by atoms with Gasteiger partial charge in [-0.3, -0.25) is 0 Å². The molecule has 102 valence electrons. The molecule has 0 aromatic heterocycles. The predicted molar refractivity (Wildman–Crippen MR) is 77.3 cm³/mol. The lowest BCUT2D eigenvalue weighted by molar-refractivity contribution is 0.599. The van der Waals surface area contributed by atoms with Crippen molar-refractivity contribution in [3.8, 4) is 6.07 Å². The fraction of sp³-hybridized carbons (Fsp3) is 0.133. The second kappa shape index (κ2) is 6.02. The number of nitrogens with one attached hydrogen (secondary N) is 1. The molecule has 0 heterocycles. The van der Waals surface area contributed by atoms with Gasteiger partial charge in [0, 0.05) is 10.0 Å². The molecule has 0 aliphatic carbocycles. The summed E-state index contributed by atoms with van der Waals surface area (Å²) >= 11 is 3.19. The molecule has 0 bridgehead atoms. The van der Waals surface area contributed by atoms with Gasteiger partial charge in [0.25, 0.3) is 0 Å². The van der Waals surface area contributed by atoms with E-state index in [2.05, 4.69) is 21.2 Å². The van der Waals surface area contributed by atoms with Crippen molar-refractivity contribution in [1.29, 1.82) is 5.26 Å². The second-order valence-corrected chi connectivity index (χ2v) is 5.22. The normalized spacial score (nSPS) is 11.8. The molecule has 1 N–H and O–H groups in total. The van der Waals surface area contributed by atoms with Crippen LogP contribution in [0.25, 0.3) is 0 Å². The van der Waals surface area contributed by atoms with Gasteiger partial charge in [0.1, 0.15) is 23.3 Å². The van der Waals surface area contributed by atoms with Crippen LogP contribution in [0.15, 0.2) is 40.9 Å². The molecule has 1 atom stereocenters. The Bertz CT molecular complexity index is 680. The maximum absolute atomic E-state index is 13.9. The minimum absolute atomic E-state index is 0.0723. The first kappa shape index (κ1) is 14.5. The quantitative estimate of drug-likeness (QED) is 0.876. The molecule has 2 nitrogen and oxygen atoms in total. The van der Waals surface area contributed by atoms with E-state index in [0.29, 0.717) is 15.7 Å². The number of rotatable bonds is 3. The summed E-state index contributed by atoms with van der Waals surface area (Å²) in [6, 6.07) is 10.5. The van der Waals surface area contributed by atoms with Crippen LogP contribution in [0.4, 0.5) is 14.5 Å². The molecule has 0 aliphatic heterocycles. The van der Waals surface area contributed by atoms with E-state index < -0.39 is 11.9 Å². The zero-order valence-corrected chi connectivity index (χ0v) is 12.2. The highest BCUT2D eigenvalue weighted by Crippen LogP contribution is 2.26. The molecule has 2 aromatic rings. The third-order valence-corrected chi connectivity index (χ3v) is 3.42. The van der Waals surface area contributed by atoms with E-state index in [-0.39, 0.29) is 11.4 Å². The molecule has 0 saturated carbocycles. The lowest BCUT2D eigenvalue weighted by atomic mass is 10.1. The standard InChI is InChI=1S/C15H11BrF2N2/c1-9(11-6-5-10(16)7-14(11)18)20-15-4-2-3-13(17)12(15)8-19/h2-7,9,20H,1H3. The highest BCUT2D eigenvalue weighted by atomic mass is 79.9. The lowest BCUT2D eigenvalue weighted by Gasteiger charge is -2.17. The van der Waals surface area contributed by atoms with Crippen molar-refractivity contribution in [2.24, 2.45) is 0 Å². The molecule has 0 amide bonds. The minimum Gasteiger partial charge on any atom is -0.377 e. The van der Waals surface area contributed by atoms with Crippen molar-refractivity contribution < 1.29 is 8.78 Å². The Morgan fingerprint density at radius 1 is 1.20 bits per heavy atom. The molecule has 1 unspecified atom stereocenters. The summed E-state index contributed by atoms with van der Waals surface area (Å²) in [5.41, 5.74) is 0.723. The summed E-state index contributed by atoms with van der Waals surface area (Å²) in [6.45, 7) is 1.75. The highest BCUT2D eigenvalue weighted by molar-refractivity contribution is 9.10. The number of hydrogen-bond donors (Lipinski definition) is 1. The van der Waals surface area contributed by atoms with E-state index in [0.717, 1.165) is 0 Å². The SMILES string of the molecule is CC(Nc1cccc(F)c1C#N)c1ccc(Br)cc1F. The van der Waals surface area contributed by atoms with Gasteiger partial charge < -0.3 is 5.32 Å². The fourth-order valence-corrected chi connectivity index (χ4v) is 2.25. The van der Waals surface area contributed by atoms with Crippen molar-refractivity contribution >= 4 is 21.6 Å². The van der Waals surface area contributed by atoms with Crippen molar-refractivity contribution in [1.82, 2.24) is 0 Å². The monoisotopic (exact) mass is 336 g/mol. The lowest BCUT2D eigenvalue weighted by Crippen LogP contribution is -2.10. The zero-order chi connectivity index (χ0) is 14.7. The van der Waals surface area contributed by atoms with Crippen molar-refractivity contribution in [3.05, 3.63) is 63.6 Å². The summed E-state index contributed by atoms with van der Waals surface area (Å²) in [4.78, 5) is 0. The third kappa shape index (κ3) is 2.97. The van der Waals surface area contributed by atoms with Crippen molar-refractivity contribution in [2.45, 2.75) is 13.0 Å². The molecule has 0 fully saturated rings. The summed E-state index contributed by atoms with van der Waals surface area (Å²) in [5.74, 6) is -0.963. The summed E-state index contributed by atoms with van der Waals surface area (Å²) in [6.07, 6.45) is 0. The smallest absolute Gasteiger partial charge is 0.143 e. The number of anilines is 1. The number of hydrogen-bond acceptors (Lipinski definition) is 2. The Morgan fingerprint density at radius 2 is 1.95 bits per heavy atom. The van der Waals surface area contributed by atoms with Crippen LogP contribution in [-0.4, -0.2) is 0 Å². The molecule has 0 saturated heterocycles. The van der Waals surface area contributed by atoms with E-state index >= 15 is 0 Å². The predicted octanol–water partition coefficient (Wildman–Crippen LogP) is 4.77. The number of halogens is 3. The van der Waals surface area contributed by atoms with Crippen LogP contribution >= 0.6 is 15.9 Å². The van der Waals surface area contributed by atoms with Crippen LogP contribution < -0.4 is 5.32 Å². The van der Waals surface area contributed by atoms with Gasteiger partial charge in [-0.1, -0.05) is 28.1 Å². The van der Waals surface area contributed by atoms with Gasteiger partial charge in [0.05, 0.1) is 11.7 Å². The Morgan fingerprint density at radius 3 is 2.60 bits per heavy atom. The van der Waals surface area contributed by atoms with Gasteiger partial charge in [-0.2, -0.15) is 5.26 Å². The van der Waals surface area contributed by atoms with Crippen molar-refractivity contribution in [2.75, 3.05) is 5.32 Å². The van der Waals surface area contributed by atoms with Gasteiger partial charge in [0.15, 0.2) is 0 Å². The molecular formula is C15H11BrF2N2. The molecule has 2 rings (SSSR count). The van der Waals surface area contributed by atoms with Crippen LogP contribution in [-0.2, 0) is 0 Å². The molecule has 0 spiro atoms. The third-order valence-electron chi connectivity index (χ3n) is 2.93. The molecule has 0 aliphatic rings. The van der Waals surface area contributed by atoms with E-state index in [1.807, 2.05) is 0 Å². The number of benzene rings is 2. The number of nitriles is 1. The van der Waals surface area contributed by atoms with E-state index in [9.17, 15) is 8.78 Å². The van der Waals surface area contributed by atoms with Crippen LogP contribution in [0, 0.1) is 23.0 Å². The minimum atomic E-state index is -0.596. The van der Waals surface area contributed by atoms with Crippen molar-refractivity contribution in [3.63, 3.8) is 0 Å². The Kier molecular flexibility index (Phi) is 4.35. The largest absolute Gasteiger partial charge is 0.377 e. The maximum atomic E-state index is 13.9. The maximum Gasteiger partial charge on any atom is 0.143 e. The van der Waals surface area contributed by atoms with E-state index in [1.54, 1.807) is 31.2 Å². The van der Waals surface area contributed by atoms with Crippen LogP contribution in [0.1, 0.15) is 24.1 Å². The van der Waals surface area contributed by atoms with Gasteiger partial charge in [-0.05, 0) is 31.2 Å². The second-order valence-electron chi connectivity index (χ2n) is 4.31. The topological polar surface area (TPSA) is 35.8 Å². The molecular weight excluding hydrogens is 326 g/mol. The Balaban J connectivity index is 2.31. The van der Waals surface area contributed by atoms with Gasteiger partial charge >= 0.3 is 0 Å².